The van der Waals surface area contributed by atoms with E-state index >= 15 is 0 Å². The van der Waals surface area contributed by atoms with Crippen LogP contribution in [0.3, 0.4) is 0 Å². The van der Waals surface area contributed by atoms with Crippen molar-refractivity contribution in [2.75, 3.05) is 0 Å². The minimum absolute atomic E-state index is 0.321. The van der Waals surface area contributed by atoms with Gasteiger partial charge < -0.3 is 0 Å². The van der Waals surface area contributed by atoms with Crippen molar-refractivity contribution >= 4 is 23.2 Å². The highest BCUT2D eigenvalue weighted by Gasteiger charge is 2.56. The lowest BCUT2D eigenvalue weighted by atomic mass is 9.50. The molecule has 0 atom stereocenters. The molecule has 0 aliphatic heterocycles. The van der Waals surface area contributed by atoms with Gasteiger partial charge in [0.1, 0.15) is 0 Å². The number of hydrogen-bond donors (Lipinski definition) is 0. The van der Waals surface area contributed by atoms with Gasteiger partial charge in [-0.1, -0.05) is 42.1 Å². The van der Waals surface area contributed by atoms with Gasteiger partial charge in [-0.05, 0) is 48.8 Å². The zero-order chi connectivity index (χ0) is 12.8. The molecule has 1 aromatic rings. The molecular weight excluding hydrogens is 265 g/mol. The Kier molecular flexibility index (Phi) is 2.84. The van der Waals surface area contributed by atoms with Crippen LogP contribution in [0.1, 0.15) is 44.1 Å². The first-order valence-electron chi connectivity index (χ1n) is 6.46. The molecule has 2 aliphatic carbocycles. The van der Waals surface area contributed by atoms with Gasteiger partial charge in [0.2, 0.25) is 0 Å². The quantitative estimate of drug-likeness (QED) is 0.701. The van der Waals surface area contributed by atoms with E-state index in [0.29, 0.717) is 15.5 Å². The van der Waals surface area contributed by atoms with E-state index in [9.17, 15) is 5.26 Å². The molecule has 2 saturated carbocycles. The summed E-state index contributed by atoms with van der Waals surface area (Å²) in [5.74, 6) is 0. The second-order valence-corrected chi connectivity index (χ2v) is 6.70. The lowest BCUT2D eigenvalue weighted by Crippen LogP contribution is -2.47. The second-order valence-electron chi connectivity index (χ2n) is 5.88. The van der Waals surface area contributed by atoms with Crippen LogP contribution in [0.2, 0.25) is 10.0 Å². The highest BCUT2D eigenvalue weighted by molar-refractivity contribution is 6.42. The molecule has 0 heterocycles. The topological polar surface area (TPSA) is 23.8 Å². The molecule has 0 bridgehead atoms. The highest BCUT2D eigenvalue weighted by Crippen LogP contribution is 2.62. The molecule has 2 fully saturated rings. The summed E-state index contributed by atoms with van der Waals surface area (Å²) in [6.45, 7) is 0. The molecule has 0 amide bonds. The summed E-state index contributed by atoms with van der Waals surface area (Å²) < 4.78 is 0. The van der Waals surface area contributed by atoms with Crippen LogP contribution in [-0.4, -0.2) is 0 Å². The predicted octanol–water partition coefficient (Wildman–Crippen LogP) is 5.11. The van der Waals surface area contributed by atoms with Crippen molar-refractivity contribution in [1.82, 2.24) is 0 Å². The Balaban J connectivity index is 1.90. The Morgan fingerprint density at radius 1 is 1.06 bits per heavy atom. The van der Waals surface area contributed by atoms with E-state index in [0.717, 1.165) is 18.4 Å². The minimum atomic E-state index is -0.321. The largest absolute Gasteiger partial charge is 0.197 e. The molecule has 0 unspecified atom stereocenters. The average molecular weight is 280 g/mol. The Labute approximate surface area is 118 Å². The summed E-state index contributed by atoms with van der Waals surface area (Å²) in [4.78, 5) is 0. The summed E-state index contributed by atoms with van der Waals surface area (Å²) in [5.41, 5.74) is 1.16. The van der Waals surface area contributed by atoms with Gasteiger partial charge in [-0.15, -0.1) is 0 Å². The zero-order valence-corrected chi connectivity index (χ0v) is 11.7. The second kappa shape index (κ2) is 4.15. The van der Waals surface area contributed by atoms with Crippen LogP contribution in [-0.2, 0) is 5.41 Å². The number of rotatable bonds is 1. The van der Waals surface area contributed by atoms with Gasteiger partial charge in [0, 0.05) is 0 Å². The van der Waals surface area contributed by atoms with Crippen molar-refractivity contribution in [2.24, 2.45) is 5.41 Å². The van der Waals surface area contributed by atoms with E-state index in [1.807, 2.05) is 12.1 Å². The molecule has 3 heteroatoms. The summed E-state index contributed by atoms with van der Waals surface area (Å²) in [6.07, 6.45) is 7.21. The Bertz CT molecular complexity index is 516. The first kappa shape index (κ1) is 12.3. The number of benzene rings is 1. The van der Waals surface area contributed by atoms with E-state index in [4.69, 9.17) is 23.2 Å². The van der Waals surface area contributed by atoms with Crippen LogP contribution in [0.5, 0.6) is 0 Å². The van der Waals surface area contributed by atoms with Crippen LogP contribution < -0.4 is 0 Å². The summed E-state index contributed by atoms with van der Waals surface area (Å²) in [7, 11) is 0. The van der Waals surface area contributed by atoms with Gasteiger partial charge in [0.25, 0.3) is 0 Å². The standard InChI is InChI=1S/C15H15Cl2N/c16-12-4-3-11(7-13(12)17)15(10-18)8-14(9-15)5-1-2-6-14/h3-4,7H,1-2,5-6,8-9H2. The number of hydrogen-bond acceptors (Lipinski definition) is 1. The van der Waals surface area contributed by atoms with Crippen molar-refractivity contribution in [1.29, 1.82) is 5.26 Å². The van der Waals surface area contributed by atoms with Crippen molar-refractivity contribution in [2.45, 2.75) is 43.9 Å². The van der Waals surface area contributed by atoms with Crippen molar-refractivity contribution in [3.05, 3.63) is 33.8 Å². The van der Waals surface area contributed by atoms with Gasteiger partial charge in [0.15, 0.2) is 0 Å². The Morgan fingerprint density at radius 2 is 1.72 bits per heavy atom. The molecule has 0 saturated heterocycles. The van der Waals surface area contributed by atoms with E-state index < -0.39 is 0 Å². The first-order valence-corrected chi connectivity index (χ1v) is 7.22. The predicted molar refractivity (Wildman–Crippen MR) is 73.9 cm³/mol. The lowest BCUT2D eigenvalue weighted by Gasteiger charge is -2.51. The van der Waals surface area contributed by atoms with E-state index in [-0.39, 0.29) is 5.41 Å². The minimum Gasteiger partial charge on any atom is -0.197 e. The zero-order valence-electron chi connectivity index (χ0n) is 10.2. The number of nitrogens with zero attached hydrogens (tertiary/aromatic N) is 1. The van der Waals surface area contributed by atoms with Gasteiger partial charge in [-0.25, -0.2) is 0 Å². The fraction of sp³-hybridized carbons (Fsp3) is 0.533. The molecule has 1 aromatic carbocycles. The van der Waals surface area contributed by atoms with Crippen molar-refractivity contribution < 1.29 is 0 Å². The summed E-state index contributed by atoms with van der Waals surface area (Å²) >= 11 is 12.0. The summed E-state index contributed by atoms with van der Waals surface area (Å²) in [6, 6.07) is 8.16. The average Bonchev–Trinajstić information content (AvgIpc) is 2.79. The van der Waals surface area contributed by atoms with Crippen LogP contribution in [0.15, 0.2) is 18.2 Å². The molecule has 3 rings (SSSR count). The highest BCUT2D eigenvalue weighted by atomic mass is 35.5. The molecule has 94 valence electrons. The van der Waals surface area contributed by atoms with Crippen molar-refractivity contribution in [3.63, 3.8) is 0 Å². The first-order chi connectivity index (χ1) is 8.59. The third-order valence-corrected chi connectivity index (χ3v) is 5.44. The molecule has 18 heavy (non-hydrogen) atoms. The molecule has 0 radical (unpaired) electrons. The number of nitriles is 1. The fourth-order valence-electron chi connectivity index (χ4n) is 3.85. The number of halogens is 2. The summed E-state index contributed by atoms with van der Waals surface area (Å²) in [5, 5.41) is 10.7. The van der Waals surface area contributed by atoms with Gasteiger partial charge in [0.05, 0.1) is 21.5 Å². The molecule has 1 nitrogen and oxygen atoms in total. The SMILES string of the molecule is N#CC1(c2ccc(Cl)c(Cl)c2)CC2(CCCC2)C1. The van der Waals surface area contributed by atoms with Crippen LogP contribution in [0.4, 0.5) is 0 Å². The Hall–Kier alpha value is -0.710. The van der Waals surface area contributed by atoms with E-state index in [1.165, 1.54) is 25.7 Å². The third-order valence-electron chi connectivity index (χ3n) is 4.70. The smallest absolute Gasteiger partial charge is 0.0833 e. The molecule has 0 aromatic heterocycles. The Morgan fingerprint density at radius 3 is 2.28 bits per heavy atom. The monoisotopic (exact) mass is 279 g/mol. The molecular formula is C15H15Cl2N. The maximum absolute atomic E-state index is 9.57. The van der Waals surface area contributed by atoms with Crippen LogP contribution >= 0.6 is 23.2 Å². The maximum atomic E-state index is 9.57. The van der Waals surface area contributed by atoms with Crippen LogP contribution in [0.25, 0.3) is 0 Å². The molecule has 0 N–H and O–H groups in total. The van der Waals surface area contributed by atoms with Crippen molar-refractivity contribution in [3.8, 4) is 6.07 Å². The maximum Gasteiger partial charge on any atom is 0.0833 e. The van der Waals surface area contributed by atoms with Gasteiger partial charge in [-0.2, -0.15) is 5.26 Å². The van der Waals surface area contributed by atoms with E-state index in [2.05, 4.69) is 6.07 Å². The normalized spacial score (nSPS) is 23.6. The molecule has 2 aliphatic rings. The van der Waals surface area contributed by atoms with Crippen LogP contribution in [0, 0.1) is 16.7 Å². The molecule has 1 spiro atoms. The fourth-order valence-corrected chi connectivity index (χ4v) is 4.15. The lowest BCUT2D eigenvalue weighted by molar-refractivity contribution is 0.0648. The van der Waals surface area contributed by atoms with Gasteiger partial charge >= 0.3 is 0 Å². The van der Waals surface area contributed by atoms with Gasteiger partial charge in [-0.3, -0.25) is 0 Å². The van der Waals surface area contributed by atoms with E-state index in [1.54, 1.807) is 6.07 Å². The third kappa shape index (κ3) is 1.75.